The number of quaternary nitrogens is 1. The van der Waals surface area contributed by atoms with Gasteiger partial charge in [0, 0.05) is 30.1 Å². The Morgan fingerprint density at radius 3 is 2.85 bits per heavy atom. The Morgan fingerprint density at radius 1 is 1.15 bits per heavy atom. The summed E-state index contributed by atoms with van der Waals surface area (Å²) in [5.41, 5.74) is 2.41. The summed E-state index contributed by atoms with van der Waals surface area (Å²) in [5.74, 6) is 0.942. The first-order valence-electron chi connectivity index (χ1n) is 9.52. The topological polar surface area (TPSA) is 55.9 Å². The molecule has 26 heavy (non-hydrogen) atoms. The van der Waals surface area contributed by atoms with Crippen LogP contribution in [0.25, 0.3) is 0 Å². The van der Waals surface area contributed by atoms with Crippen LogP contribution in [0.3, 0.4) is 0 Å². The van der Waals surface area contributed by atoms with Crippen LogP contribution in [0, 0.1) is 5.92 Å². The maximum Gasteiger partial charge on any atom is 0.250 e. The summed E-state index contributed by atoms with van der Waals surface area (Å²) in [6, 6.07) is 15.7. The normalized spacial score (nSPS) is 25.5. The lowest BCUT2D eigenvalue weighted by atomic mass is 9.83. The van der Waals surface area contributed by atoms with Crippen molar-refractivity contribution in [2.75, 3.05) is 26.2 Å². The average Bonchev–Trinajstić information content (AvgIpc) is 2.63. The molecule has 1 unspecified atom stereocenters. The van der Waals surface area contributed by atoms with Crippen LogP contribution in [0.15, 0.2) is 53.3 Å². The predicted molar refractivity (Wildman–Crippen MR) is 99.2 cm³/mol. The van der Waals surface area contributed by atoms with E-state index in [-0.39, 0.29) is 5.56 Å². The second-order valence-corrected chi connectivity index (χ2v) is 7.72. The number of ether oxygens (including phenoxy) is 1. The molecule has 1 aromatic heterocycles. The van der Waals surface area contributed by atoms with Gasteiger partial charge in [0.05, 0.1) is 26.3 Å². The zero-order valence-corrected chi connectivity index (χ0v) is 15.0. The standard InChI is InChI=1S/C21H26N2O3/c24-19(15-26-14-16-5-2-1-3-6-16)13-22-10-17-9-18(12-22)20-7-4-8-21(25)23(20)11-17/h1-8,17-19,24H,9-15H2/p+1/t17-,18+,19+/m0/s1. The highest BCUT2D eigenvalue weighted by Gasteiger charge is 2.37. The van der Waals surface area contributed by atoms with Gasteiger partial charge in [-0.2, -0.15) is 0 Å². The van der Waals surface area contributed by atoms with Crippen LogP contribution in [-0.4, -0.2) is 42.0 Å². The van der Waals surface area contributed by atoms with Gasteiger partial charge in [0.15, 0.2) is 0 Å². The molecular weight excluding hydrogens is 328 g/mol. The predicted octanol–water partition coefficient (Wildman–Crippen LogP) is 0.428. The third kappa shape index (κ3) is 3.90. The van der Waals surface area contributed by atoms with E-state index in [0.29, 0.717) is 31.6 Å². The van der Waals surface area contributed by atoms with Gasteiger partial charge in [0.1, 0.15) is 12.6 Å². The minimum Gasteiger partial charge on any atom is -0.385 e. The van der Waals surface area contributed by atoms with Gasteiger partial charge in [-0.1, -0.05) is 36.4 Å². The van der Waals surface area contributed by atoms with Gasteiger partial charge in [-0.15, -0.1) is 0 Å². The van der Waals surface area contributed by atoms with Crippen molar-refractivity contribution < 1.29 is 14.7 Å². The first-order chi connectivity index (χ1) is 12.7. The third-order valence-corrected chi connectivity index (χ3v) is 5.62. The molecule has 0 radical (unpaired) electrons. The molecule has 138 valence electrons. The Kier molecular flexibility index (Phi) is 5.20. The van der Waals surface area contributed by atoms with E-state index in [1.54, 1.807) is 6.07 Å². The van der Waals surface area contributed by atoms with E-state index in [0.717, 1.165) is 31.6 Å². The average molecular weight is 355 g/mol. The fourth-order valence-corrected chi connectivity index (χ4v) is 4.57. The summed E-state index contributed by atoms with van der Waals surface area (Å²) in [6.45, 7) is 4.43. The van der Waals surface area contributed by atoms with E-state index in [9.17, 15) is 9.90 Å². The summed E-state index contributed by atoms with van der Waals surface area (Å²) in [6.07, 6.45) is 0.707. The number of pyridine rings is 1. The maximum atomic E-state index is 12.1. The second kappa shape index (κ2) is 7.74. The highest BCUT2D eigenvalue weighted by atomic mass is 16.5. The smallest absolute Gasteiger partial charge is 0.250 e. The minimum atomic E-state index is -0.453. The summed E-state index contributed by atoms with van der Waals surface area (Å²) < 4.78 is 7.63. The van der Waals surface area contributed by atoms with Crippen molar-refractivity contribution in [3.05, 3.63) is 70.1 Å². The van der Waals surface area contributed by atoms with Crippen LogP contribution < -0.4 is 10.5 Å². The summed E-state index contributed by atoms with van der Waals surface area (Å²) in [4.78, 5) is 13.5. The number of benzene rings is 1. The lowest BCUT2D eigenvalue weighted by Crippen LogP contribution is -3.15. The van der Waals surface area contributed by atoms with E-state index in [2.05, 4.69) is 6.07 Å². The first kappa shape index (κ1) is 17.5. The van der Waals surface area contributed by atoms with E-state index < -0.39 is 6.10 Å². The Balaban J connectivity index is 1.30. The molecule has 3 heterocycles. The number of rotatable bonds is 6. The van der Waals surface area contributed by atoms with Crippen molar-refractivity contribution in [2.45, 2.75) is 31.6 Å². The van der Waals surface area contributed by atoms with Crippen LogP contribution in [-0.2, 0) is 17.9 Å². The molecule has 2 aromatic rings. The number of hydrogen-bond donors (Lipinski definition) is 2. The van der Waals surface area contributed by atoms with E-state index in [1.807, 2.05) is 41.0 Å². The van der Waals surface area contributed by atoms with Crippen LogP contribution >= 0.6 is 0 Å². The second-order valence-electron chi connectivity index (χ2n) is 7.72. The van der Waals surface area contributed by atoms with Crippen LogP contribution in [0.2, 0.25) is 0 Å². The van der Waals surface area contributed by atoms with Gasteiger partial charge in [-0.3, -0.25) is 4.79 Å². The van der Waals surface area contributed by atoms with E-state index >= 15 is 0 Å². The van der Waals surface area contributed by atoms with Crippen molar-refractivity contribution in [3.63, 3.8) is 0 Å². The van der Waals surface area contributed by atoms with Gasteiger partial charge in [0.25, 0.3) is 5.56 Å². The number of piperidine rings is 1. The maximum absolute atomic E-state index is 12.1. The molecule has 0 aliphatic carbocycles. The van der Waals surface area contributed by atoms with Crippen molar-refractivity contribution >= 4 is 0 Å². The quantitative estimate of drug-likeness (QED) is 0.790. The minimum absolute atomic E-state index is 0.120. The molecule has 1 saturated heterocycles. The van der Waals surface area contributed by atoms with Crippen molar-refractivity contribution in [1.29, 1.82) is 0 Å². The Morgan fingerprint density at radius 2 is 2.00 bits per heavy atom. The summed E-state index contributed by atoms with van der Waals surface area (Å²) in [7, 11) is 0. The van der Waals surface area contributed by atoms with Crippen molar-refractivity contribution in [2.24, 2.45) is 5.92 Å². The number of likely N-dealkylation sites (tertiary alicyclic amines) is 1. The largest absolute Gasteiger partial charge is 0.385 e. The SMILES string of the molecule is O=c1cccc2n1C[C@H]1C[C@@H]2C[NH+](C[C@@H](O)COCc2ccccc2)C1. The number of aliphatic hydroxyl groups is 1. The molecule has 0 spiro atoms. The molecule has 1 aromatic carbocycles. The van der Waals surface area contributed by atoms with Crippen molar-refractivity contribution in [3.8, 4) is 0 Å². The Bertz CT molecular complexity index is 789. The van der Waals surface area contributed by atoms with Gasteiger partial charge < -0.3 is 19.3 Å². The molecule has 4 rings (SSSR count). The first-order valence-corrected chi connectivity index (χ1v) is 9.52. The molecule has 2 aliphatic rings. The molecule has 2 aliphatic heterocycles. The number of nitrogens with zero attached hydrogens (tertiary/aromatic N) is 1. The monoisotopic (exact) mass is 355 g/mol. The molecule has 1 fully saturated rings. The molecule has 2 bridgehead atoms. The Hall–Kier alpha value is -1.95. The molecule has 4 atom stereocenters. The number of hydrogen-bond acceptors (Lipinski definition) is 3. The third-order valence-electron chi connectivity index (χ3n) is 5.62. The number of nitrogens with one attached hydrogen (secondary N) is 1. The van der Waals surface area contributed by atoms with Gasteiger partial charge >= 0.3 is 0 Å². The zero-order chi connectivity index (χ0) is 17.9. The lowest BCUT2D eigenvalue weighted by molar-refractivity contribution is -0.914. The fraction of sp³-hybridized carbons (Fsp3) is 0.476. The van der Waals surface area contributed by atoms with Crippen LogP contribution in [0.5, 0.6) is 0 Å². The number of aromatic nitrogens is 1. The molecule has 5 nitrogen and oxygen atoms in total. The van der Waals surface area contributed by atoms with Crippen molar-refractivity contribution in [1.82, 2.24) is 4.57 Å². The molecule has 0 amide bonds. The summed E-state index contributed by atoms with van der Waals surface area (Å²) in [5, 5.41) is 10.4. The Labute approximate surface area is 153 Å². The molecule has 2 N–H and O–H groups in total. The lowest BCUT2D eigenvalue weighted by Gasteiger charge is -2.40. The summed E-state index contributed by atoms with van der Waals surface area (Å²) >= 11 is 0. The molecular formula is C21H27N2O3+. The number of fused-ring (bicyclic) bond motifs is 4. The van der Waals surface area contributed by atoms with Gasteiger partial charge in [0.2, 0.25) is 0 Å². The van der Waals surface area contributed by atoms with Gasteiger partial charge in [-0.25, -0.2) is 0 Å². The fourth-order valence-electron chi connectivity index (χ4n) is 4.57. The molecule has 5 heteroatoms. The highest BCUT2D eigenvalue weighted by Crippen LogP contribution is 2.29. The van der Waals surface area contributed by atoms with Gasteiger partial charge in [-0.05, 0) is 18.1 Å². The van der Waals surface area contributed by atoms with E-state index in [4.69, 9.17) is 4.74 Å². The van der Waals surface area contributed by atoms with Crippen LogP contribution in [0.4, 0.5) is 0 Å². The van der Waals surface area contributed by atoms with E-state index in [1.165, 1.54) is 10.6 Å². The molecule has 0 saturated carbocycles. The highest BCUT2D eigenvalue weighted by molar-refractivity contribution is 5.15. The zero-order valence-electron chi connectivity index (χ0n) is 15.0. The van der Waals surface area contributed by atoms with Crippen LogP contribution in [0.1, 0.15) is 23.6 Å². The number of aliphatic hydroxyl groups excluding tert-OH is 1.